The Labute approximate surface area is 145 Å². The highest BCUT2D eigenvalue weighted by atomic mass is 16.5. The van der Waals surface area contributed by atoms with E-state index >= 15 is 0 Å². The Kier molecular flexibility index (Phi) is 5.47. The summed E-state index contributed by atoms with van der Waals surface area (Å²) in [5, 5.41) is 7.25. The second kappa shape index (κ2) is 7.58. The third kappa shape index (κ3) is 3.76. The molecule has 2 saturated carbocycles. The lowest BCUT2D eigenvalue weighted by Crippen LogP contribution is -2.48. The molecule has 2 N–H and O–H groups in total. The van der Waals surface area contributed by atoms with Gasteiger partial charge in [0.1, 0.15) is 12.0 Å². The van der Waals surface area contributed by atoms with Crippen molar-refractivity contribution in [3.8, 4) is 0 Å². The van der Waals surface area contributed by atoms with Crippen LogP contribution in [0, 0.1) is 17.8 Å². The van der Waals surface area contributed by atoms with E-state index in [9.17, 15) is 4.79 Å². The van der Waals surface area contributed by atoms with Gasteiger partial charge in [0, 0.05) is 17.8 Å². The first-order chi connectivity index (χ1) is 11.6. The van der Waals surface area contributed by atoms with Crippen LogP contribution in [0.3, 0.4) is 0 Å². The highest BCUT2D eigenvalue weighted by Gasteiger charge is 2.41. The number of ether oxygens (including phenoxy) is 1. The lowest BCUT2D eigenvalue weighted by molar-refractivity contribution is -0.142. The number of carbonyl (C=O) groups is 1. The zero-order chi connectivity index (χ0) is 17.1. The molecule has 0 radical (unpaired) electrons. The molecule has 2 bridgehead atoms. The molecular weight excluding hydrogens is 302 g/mol. The van der Waals surface area contributed by atoms with Gasteiger partial charge in [-0.25, -0.2) is 0 Å². The van der Waals surface area contributed by atoms with Gasteiger partial charge in [-0.05, 0) is 44.4 Å². The van der Waals surface area contributed by atoms with Crippen molar-refractivity contribution in [2.75, 3.05) is 7.11 Å². The minimum absolute atomic E-state index is 0.0726. The van der Waals surface area contributed by atoms with Gasteiger partial charge in [0.25, 0.3) is 0 Å². The smallest absolute Gasteiger partial charge is 0.305 e. The second-order valence-corrected chi connectivity index (χ2v) is 7.65. The molecule has 0 saturated heterocycles. The maximum Gasteiger partial charge on any atom is 0.305 e. The van der Waals surface area contributed by atoms with E-state index in [-0.39, 0.29) is 12.1 Å². The number of hydrogen-bond acceptors (Lipinski definition) is 5. The molecule has 1 unspecified atom stereocenters. The summed E-state index contributed by atoms with van der Waals surface area (Å²) in [7, 11) is 1.50. The normalized spacial score (nSPS) is 35.9. The van der Waals surface area contributed by atoms with Gasteiger partial charge in [-0.15, -0.1) is 0 Å². The quantitative estimate of drug-likeness (QED) is 0.777. The molecule has 24 heavy (non-hydrogen) atoms. The first kappa shape index (κ1) is 17.3. The number of fused-ring (bicyclic) bond motifs is 3. The van der Waals surface area contributed by atoms with Gasteiger partial charge in [0.05, 0.1) is 13.5 Å². The van der Waals surface area contributed by atoms with Crippen LogP contribution in [0.25, 0.3) is 0 Å². The largest absolute Gasteiger partial charge is 0.469 e. The standard InChI is InChI=1S/C19H31N3O2/c1-12-11-20-13(2)21-19(12)22-18-15-8-4-6-14(7-5-9-15)16(18)10-17(23)24-3/h11,13-16,18,21-22H,4-10H2,1-3H3/t13-,14?,15?,16?,18-/m0/s1. The fourth-order valence-corrected chi connectivity index (χ4v) is 4.77. The van der Waals surface area contributed by atoms with Gasteiger partial charge in [0.2, 0.25) is 0 Å². The Balaban J connectivity index is 1.85. The first-order valence-electron chi connectivity index (χ1n) is 9.42. The number of methoxy groups -OCH3 is 1. The minimum atomic E-state index is -0.0726. The molecule has 0 aromatic carbocycles. The number of aliphatic imine (C=N–C) groups is 1. The molecule has 1 aliphatic heterocycles. The zero-order valence-electron chi connectivity index (χ0n) is 15.2. The fraction of sp³-hybridized carbons (Fsp3) is 0.789. The number of rotatable bonds is 4. The summed E-state index contributed by atoms with van der Waals surface area (Å²) in [4.78, 5) is 16.4. The summed E-state index contributed by atoms with van der Waals surface area (Å²) < 4.78 is 5.00. The molecule has 0 aromatic heterocycles. The van der Waals surface area contributed by atoms with E-state index in [1.807, 2.05) is 6.21 Å². The third-order valence-electron chi connectivity index (χ3n) is 6.05. The van der Waals surface area contributed by atoms with Crippen molar-refractivity contribution in [2.45, 2.75) is 71.0 Å². The van der Waals surface area contributed by atoms with Crippen LogP contribution in [0.2, 0.25) is 0 Å². The van der Waals surface area contributed by atoms with E-state index in [0.29, 0.717) is 30.2 Å². The Morgan fingerprint density at radius 2 is 1.96 bits per heavy atom. The number of esters is 1. The first-order valence-corrected chi connectivity index (χ1v) is 9.42. The van der Waals surface area contributed by atoms with Crippen molar-refractivity contribution in [3.63, 3.8) is 0 Å². The number of nitrogens with one attached hydrogen (secondary N) is 2. The Hall–Kier alpha value is -1.52. The van der Waals surface area contributed by atoms with Crippen molar-refractivity contribution < 1.29 is 9.53 Å². The number of hydrogen-bond donors (Lipinski definition) is 2. The molecule has 0 amide bonds. The molecule has 5 heteroatoms. The summed E-state index contributed by atoms with van der Waals surface area (Å²) in [6.07, 6.45) is 10.2. The molecule has 1 heterocycles. The average Bonchev–Trinajstić information content (AvgIpc) is 2.79. The van der Waals surface area contributed by atoms with Crippen LogP contribution in [0.4, 0.5) is 0 Å². The van der Waals surface area contributed by atoms with E-state index in [1.54, 1.807) is 0 Å². The van der Waals surface area contributed by atoms with Gasteiger partial charge in [-0.2, -0.15) is 0 Å². The van der Waals surface area contributed by atoms with Crippen LogP contribution in [0.5, 0.6) is 0 Å². The van der Waals surface area contributed by atoms with Crippen LogP contribution >= 0.6 is 0 Å². The van der Waals surface area contributed by atoms with E-state index in [4.69, 9.17) is 4.74 Å². The maximum atomic E-state index is 12.0. The summed E-state index contributed by atoms with van der Waals surface area (Å²) in [5.41, 5.74) is 1.14. The second-order valence-electron chi connectivity index (χ2n) is 7.65. The van der Waals surface area contributed by atoms with Crippen molar-refractivity contribution in [2.24, 2.45) is 22.7 Å². The van der Waals surface area contributed by atoms with Crippen LogP contribution in [0.15, 0.2) is 16.4 Å². The van der Waals surface area contributed by atoms with E-state index < -0.39 is 0 Å². The molecule has 0 aromatic rings. The van der Waals surface area contributed by atoms with Gasteiger partial charge < -0.3 is 15.4 Å². The van der Waals surface area contributed by atoms with Gasteiger partial charge in [-0.3, -0.25) is 9.79 Å². The lowest BCUT2D eigenvalue weighted by Gasteiger charge is -2.36. The topological polar surface area (TPSA) is 62.7 Å². The highest BCUT2D eigenvalue weighted by Crippen LogP contribution is 2.43. The number of allylic oxidation sites excluding steroid dienone is 1. The molecular formula is C19H31N3O2. The van der Waals surface area contributed by atoms with Crippen LogP contribution in [-0.2, 0) is 9.53 Å². The summed E-state index contributed by atoms with van der Waals surface area (Å²) in [5.74, 6) is 2.65. The summed E-state index contributed by atoms with van der Waals surface area (Å²) >= 11 is 0. The molecule has 5 nitrogen and oxygen atoms in total. The van der Waals surface area contributed by atoms with Crippen LogP contribution in [0.1, 0.15) is 58.8 Å². The van der Waals surface area contributed by atoms with Gasteiger partial charge >= 0.3 is 5.97 Å². The Bertz CT molecular complexity index is 519. The third-order valence-corrected chi connectivity index (χ3v) is 6.05. The Morgan fingerprint density at radius 3 is 2.62 bits per heavy atom. The van der Waals surface area contributed by atoms with Crippen molar-refractivity contribution >= 4 is 12.2 Å². The molecule has 3 atom stereocenters. The lowest BCUT2D eigenvalue weighted by atomic mass is 9.80. The number of carbonyl (C=O) groups excluding carboxylic acids is 1. The minimum Gasteiger partial charge on any atom is -0.469 e. The van der Waals surface area contributed by atoms with Crippen molar-refractivity contribution in [3.05, 3.63) is 11.4 Å². The molecule has 3 rings (SSSR count). The van der Waals surface area contributed by atoms with E-state index in [1.165, 1.54) is 45.6 Å². The summed E-state index contributed by atoms with van der Waals surface area (Å²) in [6, 6.07) is 0.343. The average molecular weight is 333 g/mol. The number of nitrogens with zero attached hydrogens (tertiary/aromatic N) is 1. The van der Waals surface area contributed by atoms with Gasteiger partial charge in [-0.1, -0.05) is 25.7 Å². The predicted octanol–water partition coefficient (Wildman–Crippen LogP) is 2.98. The Morgan fingerprint density at radius 1 is 1.29 bits per heavy atom. The molecule has 3 aliphatic rings. The SMILES string of the molecule is COC(=O)CC1C2CCCC(CCC2)[C@@H]1NC1=C(C)C=N[C@H](C)N1. The van der Waals surface area contributed by atoms with Gasteiger partial charge in [0.15, 0.2) is 0 Å². The maximum absolute atomic E-state index is 12.0. The molecule has 0 spiro atoms. The van der Waals surface area contributed by atoms with E-state index in [0.717, 1.165) is 11.4 Å². The fourth-order valence-electron chi connectivity index (χ4n) is 4.77. The molecule has 134 valence electrons. The molecule has 2 aliphatic carbocycles. The zero-order valence-corrected chi connectivity index (χ0v) is 15.2. The van der Waals surface area contributed by atoms with Crippen LogP contribution in [-0.4, -0.2) is 31.5 Å². The summed E-state index contributed by atoms with van der Waals surface area (Å²) in [6.45, 7) is 4.14. The predicted molar refractivity (Wildman–Crippen MR) is 95.5 cm³/mol. The van der Waals surface area contributed by atoms with Crippen LogP contribution < -0.4 is 10.6 Å². The molecule has 2 fully saturated rings. The van der Waals surface area contributed by atoms with E-state index in [2.05, 4.69) is 29.5 Å². The monoisotopic (exact) mass is 333 g/mol. The van der Waals surface area contributed by atoms with Crippen molar-refractivity contribution in [1.29, 1.82) is 0 Å². The highest BCUT2D eigenvalue weighted by molar-refractivity contribution is 5.79. The van der Waals surface area contributed by atoms with Crippen molar-refractivity contribution in [1.82, 2.24) is 10.6 Å².